The van der Waals surface area contributed by atoms with Gasteiger partial charge in [0.25, 0.3) is 0 Å². The van der Waals surface area contributed by atoms with Crippen LogP contribution < -0.4 is 4.90 Å². The highest BCUT2D eigenvalue weighted by Gasteiger charge is 2.19. The smallest absolute Gasteiger partial charge is 0.124 e. The highest BCUT2D eigenvalue weighted by molar-refractivity contribution is 5.47. The van der Waals surface area contributed by atoms with Crippen LogP contribution in [0.4, 0.5) is 5.69 Å². The third-order valence-corrected chi connectivity index (χ3v) is 3.38. The van der Waals surface area contributed by atoms with E-state index in [2.05, 4.69) is 11.0 Å². The highest BCUT2D eigenvalue weighted by Crippen LogP contribution is 2.22. The van der Waals surface area contributed by atoms with Gasteiger partial charge in [0.1, 0.15) is 6.04 Å². The van der Waals surface area contributed by atoms with E-state index in [1.165, 1.54) is 0 Å². The lowest BCUT2D eigenvalue weighted by molar-refractivity contribution is 0.101. The normalized spacial score (nSPS) is 12.2. The molecule has 1 aromatic carbocycles. The Bertz CT molecular complexity index is 432. The highest BCUT2D eigenvalue weighted by atomic mass is 16.5. The van der Waals surface area contributed by atoms with Gasteiger partial charge in [-0.05, 0) is 17.7 Å². The van der Waals surface area contributed by atoms with Crippen LogP contribution in [0, 0.1) is 11.3 Å². The SMILES string of the molecule is COCCN(CCOC)C(C#N)c1ccc(N(C)C)cc1. The Morgan fingerprint density at radius 1 is 1.05 bits per heavy atom. The van der Waals surface area contributed by atoms with E-state index < -0.39 is 0 Å². The van der Waals surface area contributed by atoms with E-state index in [4.69, 9.17) is 9.47 Å². The summed E-state index contributed by atoms with van der Waals surface area (Å²) in [5.41, 5.74) is 2.12. The standard InChI is InChI=1S/C16H25N3O2/c1-18(2)15-7-5-14(6-8-15)16(13-17)19(9-11-20-3)10-12-21-4/h5-8,16H,9-12H2,1-4H3. The first kappa shape index (κ1) is 17.4. The molecule has 0 aliphatic heterocycles. The van der Waals surface area contributed by atoms with Crippen LogP contribution >= 0.6 is 0 Å². The minimum atomic E-state index is -0.286. The van der Waals surface area contributed by atoms with Gasteiger partial charge in [-0.3, -0.25) is 4.90 Å². The van der Waals surface area contributed by atoms with E-state index in [1.807, 2.05) is 43.3 Å². The molecule has 1 unspecified atom stereocenters. The average Bonchev–Trinajstić information content (AvgIpc) is 2.50. The summed E-state index contributed by atoms with van der Waals surface area (Å²) < 4.78 is 10.3. The van der Waals surface area contributed by atoms with Crippen molar-refractivity contribution >= 4 is 5.69 Å². The Kier molecular flexibility index (Phi) is 7.76. The zero-order valence-corrected chi connectivity index (χ0v) is 13.4. The van der Waals surface area contributed by atoms with E-state index in [-0.39, 0.29) is 6.04 Å². The molecule has 5 heteroatoms. The van der Waals surface area contributed by atoms with Crippen LogP contribution in [0.25, 0.3) is 0 Å². The number of nitriles is 1. The summed E-state index contributed by atoms with van der Waals surface area (Å²) in [6.07, 6.45) is 0. The predicted octanol–water partition coefficient (Wildman–Crippen LogP) is 1.91. The number of rotatable bonds is 9. The number of anilines is 1. The summed E-state index contributed by atoms with van der Waals surface area (Å²) in [4.78, 5) is 4.12. The molecule has 0 fully saturated rings. The maximum atomic E-state index is 9.54. The number of benzene rings is 1. The second kappa shape index (κ2) is 9.35. The topological polar surface area (TPSA) is 48.7 Å². The lowest BCUT2D eigenvalue weighted by atomic mass is 10.1. The van der Waals surface area contributed by atoms with E-state index in [9.17, 15) is 5.26 Å². The molecular formula is C16H25N3O2. The molecule has 0 heterocycles. The van der Waals surface area contributed by atoms with Crippen LogP contribution in [0.2, 0.25) is 0 Å². The molecule has 0 amide bonds. The summed E-state index contributed by atoms with van der Waals surface area (Å²) in [5, 5.41) is 9.54. The molecule has 0 aromatic heterocycles. The maximum absolute atomic E-state index is 9.54. The average molecular weight is 291 g/mol. The van der Waals surface area contributed by atoms with Gasteiger partial charge in [-0.1, -0.05) is 12.1 Å². The Morgan fingerprint density at radius 3 is 1.95 bits per heavy atom. The van der Waals surface area contributed by atoms with Gasteiger partial charge in [0.15, 0.2) is 0 Å². The van der Waals surface area contributed by atoms with Gasteiger partial charge in [-0.2, -0.15) is 5.26 Å². The second-order valence-corrected chi connectivity index (χ2v) is 5.04. The van der Waals surface area contributed by atoms with E-state index in [0.29, 0.717) is 26.3 Å². The van der Waals surface area contributed by atoms with Crippen LogP contribution in [0.3, 0.4) is 0 Å². The summed E-state index contributed by atoms with van der Waals surface area (Å²) in [7, 11) is 7.34. The lowest BCUT2D eigenvalue weighted by Crippen LogP contribution is -2.34. The number of hydrogen-bond acceptors (Lipinski definition) is 5. The van der Waals surface area contributed by atoms with Crippen molar-refractivity contribution in [2.24, 2.45) is 0 Å². The third-order valence-electron chi connectivity index (χ3n) is 3.38. The minimum Gasteiger partial charge on any atom is -0.383 e. The fourth-order valence-electron chi connectivity index (χ4n) is 2.11. The number of methoxy groups -OCH3 is 2. The number of nitrogens with zero attached hydrogens (tertiary/aromatic N) is 3. The molecule has 1 rings (SSSR count). The molecule has 0 radical (unpaired) electrons. The van der Waals surface area contributed by atoms with Gasteiger partial charge in [0.05, 0.1) is 19.3 Å². The van der Waals surface area contributed by atoms with E-state index in [0.717, 1.165) is 11.3 Å². The van der Waals surface area contributed by atoms with Gasteiger partial charge in [-0.15, -0.1) is 0 Å². The van der Waals surface area contributed by atoms with Crippen molar-refractivity contribution in [3.8, 4) is 6.07 Å². The first-order chi connectivity index (χ1) is 10.1. The molecule has 0 saturated heterocycles. The molecule has 116 valence electrons. The molecule has 1 atom stereocenters. The molecule has 0 aliphatic carbocycles. The van der Waals surface area contributed by atoms with Crippen LogP contribution in [0.1, 0.15) is 11.6 Å². The van der Waals surface area contributed by atoms with Crippen molar-refractivity contribution < 1.29 is 9.47 Å². The van der Waals surface area contributed by atoms with E-state index >= 15 is 0 Å². The molecule has 0 spiro atoms. The zero-order chi connectivity index (χ0) is 15.7. The predicted molar refractivity (Wildman–Crippen MR) is 84.4 cm³/mol. The molecule has 1 aromatic rings. The molecule has 0 bridgehead atoms. The first-order valence-corrected chi connectivity index (χ1v) is 7.02. The van der Waals surface area contributed by atoms with Crippen LogP contribution in [0.15, 0.2) is 24.3 Å². The third kappa shape index (κ3) is 5.35. The summed E-state index contributed by atoms with van der Waals surface area (Å²) in [6, 6.07) is 10.2. The van der Waals surface area contributed by atoms with Crippen molar-refractivity contribution in [3.63, 3.8) is 0 Å². The summed E-state index contributed by atoms with van der Waals surface area (Å²) >= 11 is 0. The molecular weight excluding hydrogens is 266 g/mol. The second-order valence-electron chi connectivity index (χ2n) is 5.04. The van der Waals surface area contributed by atoms with Gasteiger partial charge < -0.3 is 14.4 Å². The number of hydrogen-bond donors (Lipinski definition) is 0. The molecule has 0 N–H and O–H groups in total. The number of ether oxygens (including phenoxy) is 2. The Hall–Kier alpha value is -1.61. The fourth-order valence-corrected chi connectivity index (χ4v) is 2.11. The maximum Gasteiger partial charge on any atom is 0.124 e. The molecule has 21 heavy (non-hydrogen) atoms. The minimum absolute atomic E-state index is 0.286. The van der Waals surface area contributed by atoms with Crippen LogP contribution in [-0.4, -0.2) is 59.5 Å². The lowest BCUT2D eigenvalue weighted by Gasteiger charge is -2.27. The van der Waals surface area contributed by atoms with E-state index in [1.54, 1.807) is 14.2 Å². The van der Waals surface area contributed by atoms with Crippen LogP contribution in [-0.2, 0) is 9.47 Å². The molecule has 5 nitrogen and oxygen atoms in total. The van der Waals surface area contributed by atoms with Crippen molar-refractivity contribution in [1.82, 2.24) is 4.90 Å². The van der Waals surface area contributed by atoms with Crippen molar-refractivity contribution in [2.75, 3.05) is 59.5 Å². The van der Waals surface area contributed by atoms with Crippen molar-refractivity contribution in [3.05, 3.63) is 29.8 Å². The largest absolute Gasteiger partial charge is 0.383 e. The van der Waals surface area contributed by atoms with Gasteiger partial charge >= 0.3 is 0 Å². The quantitative estimate of drug-likeness (QED) is 0.695. The molecule has 0 saturated carbocycles. The van der Waals surface area contributed by atoms with Gasteiger partial charge in [0.2, 0.25) is 0 Å². The monoisotopic (exact) mass is 291 g/mol. The summed E-state index contributed by atoms with van der Waals surface area (Å²) in [6.45, 7) is 2.59. The Labute approximate surface area is 127 Å². The van der Waals surface area contributed by atoms with Crippen molar-refractivity contribution in [1.29, 1.82) is 5.26 Å². The van der Waals surface area contributed by atoms with Crippen LogP contribution in [0.5, 0.6) is 0 Å². The molecule has 0 aliphatic rings. The zero-order valence-electron chi connectivity index (χ0n) is 13.4. The first-order valence-electron chi connectivity index (χ1n) is 7.02. The Balaban J connectivity index is 2.87. The fraction of sp³-hybridized carbons (Fsp3) is 0.562. The summed E-state index contributed by atoms with van der Waals surface area (Å²) in [5.74, 6) is 0. The Morgan fingerprint density at radius 2 is 1.57 bits per heavy atom. The van der Waals surface area contributed by atoms with Gasteiger partial charge in [-0.25, -0.2) is 0 Å². The van der Waals surface area contributed by atoms with Gasteiger partial charge in [0, 0.05) is 47.1 Å². The van der Waals surface area contributed by atoms with Crippen molar-refractivity contribution in [2.45, 2.75) is 6.04 Å².